The van der Waals surface area contributed by atoms with E-state index in [1.165, 1.54) is 22.4 Å². The summed E-state index contributed by atoms with van der Waals surface area (Å²) in [7, 11) is 0. The lowest BCUT2D eigenvalue weighted by Gasteiger charge is -2.45. The van der Waals surface area contributed by atoms with Crippen molar-refractivity contribution in [3.05, 3.63) is 156 Å². The van der Waals surface area contributed by atoms with E-state index in [0.717, 1.165) is 51.1 Å². The van der Waals surface area contributed by atoms with E-state index in [-0.39, 0.29) is 5.41 Å². The van der Waals surface area contributed by atoms with Crippen LogP contribution in [0.1, 0.15) is 30.5 Å². The summed E-state index contributed by atoms with van der Waals surface area (Å²) in [5.41, 5.74) is 12.7. The predicted molar refractivity (Wildman–Crippen MR) is 178 cm³/mol. The molecule has 6 aromatic rings. The quantitative estimate of drug-likeness (QED) is 0.214. The van der Waals surface area contributed by atoms with Crippen molar-refractivity contribution in [3.63, 3.8) is 0 Å². The highest BCUT2D eigenvalue weighted by Gasteiger charge is 2.42. The molecule has 0 atom stereocenters. The molecule has 6 aromatic carbocycles. The van der Waals surface area contributed by atoms with Crippen LogP contribution in [-0.2, 0) is 5.41 Å². The summed E-state index contributed by atoms with van der Waals surface area (Å²) >= 11 is 0. The van der Waals surface area contributed by atoms with Gasteiger partial charge < -0.3 is 14.5 Å². The summed E-state index contributed by atoms with van der Waals surface area (Å²) in [5, 5.41) is 0. The fourth-order valence-corrected chi connectivity index (χ4v) is 6.83. The predicted octanol–water partition coefficient (Wildman–Crippen LogP) is 11.3. The maximum Gasteiger partial charge on any atom is 0.159 e. The van der Waals surface area contributed by atoms with Crippen LogP contribution < -0.4 is 14.5 Å². The van der Waals surface area contributed by atoms with E-state index >= 15 is 0 Å². The SMILES string of the molecule is Cc1cccc2c1N1c3ccccc3C(C)(C)c3ccc(-c4ccc(N(c5ccccc5)c5ccccc5)cc4)c(c31)O2. The molecule has 2 aliphatic heterocycles. The van der Waals surface area contributed by atoms with Gasteiger partial charge in [0, 0.05) is 28.0 Å². The van der Waals surface area contributed by atoms with Crippen molar-refractivity contribution < 1.29 is 4.74 Å². The average molecular weight is 557 g/mol. The monoisotopic (exact) mass is 556 g/mol. The van der Waals surface area contributed by atoms with Crippen molar-refractivity contribution in [1.29, 1.82) is 0 Å². The third kappa shape index (κ3) is 3.89. The van der Waals surface area contributed by atoms with E-state index in [2.05, 4.69) is 170 Å². The summed E-state index contributed by atoms with van der Waals surface area (Å²) in [6, 6.07) is 49.6. The first-order chi connectivity index (χ1) is 21.0. The number of hydrogen-bond acceptors (Lipinski definition) is 3. The molecule has 0 radical (unpaired) electrons. The molecule has 2 aliphatic rings. The average Bonchev–Trinajstić information content (AvgIpc) is 3.04. The van der Waals surface area contributed by atoms with E-state index in [1.807, 2.05) is 0 Å². The second-order valence-corrected chi connectivity index (χ2v) is 11.9. The van der Waals surface area contributed by atoms with Gasteiger partial charge in [-0.15, -0.1) is 0 Å². The second-order valence-electron chi connectivity index (χ2n) is 11.9. The number of benzene rings is 6. The molecule has 0 aromatic heterocycles. The van der Waals surface area contributed by atoms with Gasteiger partial charge in [0.15, 0.2) is 11.5 Å². The zero-order valence-corrected chi connectivity index (χ0v) is 24.6. The Hall–Kier alpha value is -5.28. The van der Waals surface area contributed by atoms with Crippen LogP contribution in [0.2, 0.25) is 0 Å². The highest BCUT2D eigenvalue weighted by atomic mass is 16.5. The molecule has 3 heteroatoms. The van der Waals surface area contributed by atoms with Crippen LogP contribution in [0.5, 0.6) is 11.5 Å². The van der Waals surface area contributed by atoms with Gasteiger partial charge >= 0.3 is 0 Å². The van der Waals surface area contributed by atoms with Crippen LogP contribution in [0.3, 0.4) is 0 Å². The summed E-state index contributed by atoms with van der Waals surface area (Å²) in [6.07, 6.45) is 0. The molecule has 8 rings (SSSR count). The van der Waals surface area contributed by atoms with Crippen LogP contribution >= 0.6 is 0 Å². The van der Waals surface area contributed by atoms with Crippen LogP contribution in [-0.4, -0.2) is 0 Å². The van der Waals surface area contributed by atoms with Gasteiger partial charge in [-0.05, 0) is 77.7 Å². The van der Waals surface area contributed by atoms with Crippen LogP contribution in [0.4, 0.5) is 34.1 Å². The fourth-order valence-electron chi connectivity index (χ4n) is 6.83. The maximum atomic E-state index is 6.86. The number of ether oxygens (including phenoxy) is 1. The van der Waals surface area contributed by atoms with E-state index in [9.17, 15) is 0 Å². The van der Waals surface area contributed by atoms with Gasteiger partial charge in [0.05, 0.1) is 17.1 Å². The Morgan fingerprint density at radius 2 is 1.19 bits per heavy atom. The van der Waals surface area contributed by atoms with Crippen molar-refractivity contribution in [3.8, 4) is 22.6 Å². The lowest BCUT2D eigenvalue weighted by molar-refractivity contribution is 0.472. The molecule has 0 N–H and O–H groups in total. The lowest BCUT2D eigenvalue weighted by atomic mass is 9.72. The number of anilines is 6. The highest BCUT2D eigenvalue weighted by molar-refractivity contribution is 5.98. The zero-order chi connectivity index (χ0) is 29.1. The van der Waals surface area contributed by atoms with Crippen LogP contribution in [0, 0.1) is 6.92 Å². The minimum absolute atomic E-state index is 0.172. The van der Waals surface area contributed by atoms with Crippen molar-refractivity contribution in [2.24, 2.45) is 0 Å². The van der Waals surface area contributed by atoms with Gasteiger partial charge in [-0.2, -0.15) is 0 Å². The third-order valence-electron chi connectivity index (χ3n) is 8.95. The second kappa shape index (κ2) is 9.64. The smallest absolute Gasteiger partial charge is 0.159 e. The fraction of sp³-hybridized carbons (Fsp3) is 0.100. The Bertz CT molecular complexity index is 1940. The molecule has 0 unspecified atom stereocenters. The Balaban J connectivity index is 1.29. The summed E-state index contributed by atoms with van der Waals surface area (Å²) < 4.78 is 6.86. The Morgan fingerprint density at radius 3 is 1.88 bits per heavy atom. The van der Waals surface area contributed by atoms with E-state index in [1.54, 1.807) is 0 Å². The topological polar surface area (TPSA) is 15.7 Å². The first kappa shape index (κ1) is 25.4. The number of fused-ring (bicyclic) bond motifs is 4. The zero-order valence-electron chi connectivity index (χ0n) is 24.6. The van der Waals surface area contributed by atoms with E-state index in [4.69, 9.17) is 4.74 Å². The molecular weight excluding hydrogens is 524 g/mol. The minimum Gasteiger partial charge on any atom is -0.452 e. The third-order valence-corrected chi connectivity index (χ3v) is 8.95. The number of aryl methyl sites for hydroxylation is 1. The Kier molecular flexibility index (Phi) is 5.70. The van der Waals surface area contributed by atoms with Gasteiger partial charge in [-0.1, -0.05) is 105 Å². The molecule has 0 aliphatic carbocycles. The molecule has 0 amide bonds. The molecule has 0 fully saturated rings. The lowest BCUT2D eigenvalue weighted by Crippen LogP contribution is -2.32. The number of rotatable bonds is 4. The highest BCUT2D eigenvalue weighted by Crippen LogP contribution is 2.62. The van der Waals surface area contributed by atoms with Crippen molar-refractivity contribution in [2.75, 3.05) is 9.80 Å². The maximum absolute atomic E-state index is 6.86. The van der Waals surface area contributed by atoms with Gasteiger partial charge in [-0.25, -0.2) is 0 Å². The molecule has 0 saturated heterocycles. The Labute approximate surface area is 253 Å². The molecule has 0 saturated carbocycles. The Morgan fingerprint density at radius 1 is 0.558 bits per heavy atom. The van der Waals surface area contributed by atoms with Crippen molar-refractivity contribution in [1.82, 2.24) is 0 Å². The normalized spacial score (nSPS) is 13.8. The first-order valence-corrected chi connectivity index (χ1v) is 14.9. The van der Waals surface area contributed by atoms with E-state index in [0.29, 0.717) is 0 Å². The standard InChI is InChI=1S/C40H32N2O/c1-27-13-12-20-36-37(27)42-35-19-11-10-18-33(35)40(2,3)34-26-25-32(39(43-36)38(34)42)28-21-23-31(24-22-28)41(29-14-6-4-7-15-29)30-16-8-5-9-17-30/h4-26H,1-3H3. The molecule has 0 bridgehead atoms. The van der Waals surface area contributed by atoms with Gasteiger partial charge in [-0.3, -0.25) is 0 Å². The van der Waals surface area contributed by atoms with Crippen molar-refractivity contribution >= 4 is 34.1 Å². The molecule has 208 valence electrons. The molecule has 3 nitrogen and oxygen atoms in total. The molecule has 0 spiro atoms. The minimum atomic E-state index is -0.172. The van der Waals surface area contributed by atoms with Crippen molar-refractivity contribution in [2.45, 2.75) is 26.2 Å². The molecular formula is C40H32N2O. The summed E-state index contributed by atoms with van der Waals surface area (Å²) in [5.74, 6) is 1.80. The molecule has 2 heterocycles. The first-order valence-electron chi connectivity index (χ1n) is 14.9. The number of hydrogen-bond donors (Lipinski definition) is 0. The van der Waals surface area contributed by atoms with Gasteiger partial charge in [0.2, 0.25) is 0 Å². The van der Waals surface area contributed by atoms with Crippen LogP contribution in [0.25, 0.3) is 11.1 Å². The number of nitrogens with zero attached hydrogens (tertiary/aromatic N) is 2. The van der Waals surface area contributed by atoms with E-state index < -0.39 is 0 Å². The van der Waals surface area contributed by atoms with Gasteiger partial charge in [0.1, 0.15) is 0 Å². The summed E-state index contributed by atoms with van der Waals surface area (Å²) in [6.45, 7) is 6.81. The van der Waals surface area contributed by atoms with Gasteiger partial charge in [0.25, 0.3) is 0 Å². The molecule has 43 heavy (non-hydrogen) atoms. The number of para-hydroxylation sites is 4. The summed E-state index contributed by atoms with van der Waals surface area (Å²) in [4.78, 5) is 4.72. The largest absolute Gasteiger partial charge is 0.452 e. The van der Waals surface area contributed by atoms with Crippen LogP contribution in [0.15, 0.2) is 140 Å².